The quantitative estimate of drug-likeness (QED) is 0.592. The van der Waals surface area contributed by atoms with Gasteiger partial charge in [0.1, 0.15) is 0 Å². The third-order valence-electron chi connectivity index (χ3n) is 2.83. The van der Waals surface area contributed by atoms with Gasteiger partial charge in [-0.3, -0.25) is 0 Å². The fraction of sp³-hybridized carbons (Fsp3) is 0.571. The van der Waals surface area contributed by atoms with Crippen molar-refractivity contribution in [2.45, 2.75) is 24.3 Å². The molecule has 0 radical (unpaired) electrons. The van der Waals surface area contributed by atoms with Gasteiger partial charge in [0.15, 0.2) is 0 Å². The zero-order chi connectivity index (χ0) is 15.6. The van der Waals surface area contributed by atoms with Crippen LogP contribution < -0.4 is 4.72 Å². The Morgan fingerprint density at radius 2 is 2.00 bits per heavy atom. The maximum atomic E-state index is 12.0. The van der Waals surface area contributed by atoms with Crippen molar-refractivity contribution in [2.24, 2.45) is 0 Å². The molecule has 0 fully saturated rings. The topological polar surface area (TPSA) is 84.9 Å². The molecule has 0 bridgehead atoms. The van der Waals surface area contributed by atoms with Gasteiger partial charge < -0.3 is 14.6 Å². The molecule has 0 saturated heterocycles. The third-order valence-corrected chi connectivity index (χ3v) is 4.29. The Morgan fingerprint density at radius 1 is 1.19 bits per heavy atom. The zero-order valence-electron chi connectivity index (χ0n) is 12.2. The molecule has 0 unspecified atom stereocenters. The molecular weight excluding hydrogens is 294 g/mol. The summed E-state index contributed by atoms with van der Waals surface area (Å²) in [4.78, 5) is 0.172. The average Bonchev–Trinajstić information content (AvgIpc) is 2.50. The van der Waals surface area contributed by atoms with Gasteiger partial charge in [-0.1, -0.05) is 12.1 Å². The number of unbranched alkanes of at least 4 members (excludes halogenated alkanes) is 1. The summed E-state index contributed by atoms with van der Waals surface area (Å²) in [7, 11) is -1.90. The summed E-state index contributed by atoms with van der Waals surface area (Å²) in [5.41, 5.74) is 0.574. The van der Waals surface area contributed by atoms with Crippen LogP contribution in [0.4, 0.5) is 0 Å². The number of methoxy groups -OCH3 is 1. The van der Waals surface area contributed by atoms with Gasteiger partial charge in [-0.15, -0.1) is 0 Å². The average molecular weight is 317 g/mol. The number of hydrogen-bond donors (Lipinski definition) is 2. The lowest BCUT2D eigenvalue weighted by Crippen LogP contribution is -2.25. The largest absolute Gasteiger partial charge is 0.392 e. The zero-order valence-corrected chi connectivity index (χ0v) is 13.1. The van der Waals surface area contributed by atoms with Crippen LogP contribution in [0.15, 0.2) is 29.2 Å². The summed E-state index contributed by atoms with van der Waals surface area (Å²) in [5, 5.41) is 9.02. The van der Waals surface area contributed by atoms with Crippen molar-refractivity contribution in [1.82, 2.24) is 4.72 Å². The summed E-state index contributed by atoms with van der Waals surface area (Å²) >= 11 is 0. The molecule has 0 heterocycles. The molecule has 0 atom stereocenters. The Balaban J connectivity index is 2.30. The first-order valence-electron chi connectivity index (χ1n) is 6.86. The van der Waals surface area contributed by atoms with E-state index in [2.05, 4.69) is 4.72 Å². The van der Waals surface area contributed by atoms with E-state index in [9.17, 15) is 8.42 Å². The molecule has 0 saturated carbocycles. The van der Waals surface area contributed by atoms with E-state index in [1.807, 2.05) is 0 Å². The Kier molecular flexibility index (Phi) is 8.48. The van der Waals surface area contributed by atoms with Crippen LogP contribution in [0.2, 0.25) is 0 Å². The lowest BCUT2D eigenvalue weighted by atomic mass is 10.2. The molecule has 120 valence electrons. The summed E-state index contributed by atoms with van der Waals surface area (Å²) < 4.78 is 36.7. The number of hydrogen-bond acceptors (Lipinski definition) is 5. The normalized spacial score (nSPS) is 11.7. The van der Waals surface area contributed by atoms with Gasteiger partial charge in [0.2, 0.25) is 10.0 Å². The number of nitrogens with one attached hydrogen (secondary N) is 1. The number of sulfonamides is 1. The monoisotopic (exact) mass is 317 g/mol. The molecule has 1 rings (SSSR count). The molecule has 0 aliphatic carbocycles. The van der Waals surface area contributed by atoms with E-state index in [1.54, 1.807) is 19.2 Å². The number of benzene rings is 1. The highest BCUT2D eigenvalue weighted by Gasteiger charge is 2.13. The third kappa shape index (κ3) is 7.01. The summed E-state index contributed by atoms with van der Waals surface area (Å²) in [6, 6.07) is 6.27. The van der Waals surface area contributed by atoms with Crippen molar-refractivity contribution in [2.75, 3.05) is 33.5 Å². The van der Waals surface area contributed by atoms with Gasteiger partial charge in [0, 0.05) is 20.3 Å². The smallest absolute Gasteiger partial charge is 0.240 e. The molecule has 1 aromatic carbocycles. The van der Waals surface area contributed by atoms with Crippen LogP contribution >= 0.6 is 0 Å². The molecule has 0 amide bonds. The first-order valence-corrected chi connectivity index (χ1v) is 8.34. The minimum Gasteiger partial charge on any atom is -0.392 e. The number of ether oxygens (including phenoxy) is 2. The second kappa shape index (κ2) is 9.86. The first-order chi connectivity index (χ1) is 10.1. The van der Waals surface area contributed by atoms with Crippen LogP contribution in [0.25, 0.3) is 0 Å². The lowest BCUT2D eigenvalue weighted by Gasteiger charge is -2.08. The van der Waals surface area contributed by atoms with Crippen molar-refractivity contribution in [3.8, 4) is 0 Å². The van der Waals surface area contributed by atoms with E-state index >= 15 is 0 Å². The van der Waals surface area contributed by atoms with Crippen LogP contribution in [0.5, 0.6) is 0 Å². The highest BCUT2D eigenvalue weighted by Crippen LogP contribution is 2.11. The minimum atomic E-state index is -3.52. The molecule has 1 aromatic rings. The van der Waals surface area contributed by atoms with Crippen LogP contribution in [0.1, 0.15) is 18.4 Å². The van der Waals surface area contributed by atoms with Crippen LogP contribution in [-0.4, -0.2) is 47.0 Å². The van der Waals surface area contributed by atoms with Gasteiger partial charge in [-0.25, -0.2) is 13.1 Å². The highest BCUT2D eigenvalue weighted by atomic mass is 32.2. The van der Waals surface area contributed by atoms with Gasteiger partial charge in [-0.05, 0) is 30.5 Å². The minimum absolute atomic E-state index is 0.172. The van der Waals surface area contributed by atoms with E-state index in [-0.39, 0.29) is 11.5 Å². The van der Waals surface area contributed by atoms with E-state index in [0.717, 1.165) is 6.42 Å². The van der Waals surface area contributed by atoms with Gasteiger partial charge >= 0.3 is 0 Å². The summed E-state index contributed by atoms with van der Waals surface area (Å²) in [5.74, 6) is 0. The molecular formula is C14H23NO5S. The predicted octanol–water partition coefficient (Wildman–Crippen LogP) is 0.900. The van der Waals surface area contributed by atoms with Crippen molar-refractivity contribution in [1.29, 1.82) is 0 Å². The molecule has 0 spiro atoms. The summed E-state index contributed by atoms with van der Waals surface area (Å²) in [6.07, 6.45) is 1.48. The van der Waals surface area contributed by atoms with Crippen LogP contribution in [-0.2, 0) is 26.1 Å². The number of aliphatic hydroxyl groups excluding tert-OH is 1. The number of aliphatic hydroxyl groups is 1. The van der Waals surface area contributed by atoms with Crippen LogP contribution in [0.3, 0.4) is 0 Å². The van der Waals surface area contributed by atoms with Gasteiger partial charge in [-0.2, -0.15) is 0 Å². The van der Waals surface area contributed by atoms with Crippen molar-refractivity contribution >= 4 is 10.0 Å². The second-order valence-corrected chi connectivity index (χ2v) is 6.28. The maximum absolute atomic E-state index is 12.0. The van der Waals surface area contributed by atoms with Crippen molar-refractivity contribution < 1.29 is 23.0 Å². The van der Waals surface area contributed by atoms with Crippen molar-refractivity contribution in [3.05, 3.63) is 29.8 Å². The Labute approximate surface area is 126 Å². The Bertz CT molecular complexity index is 504. The summed E-state index contributed by atoms with van der Waals surface area (Å²) in [6.45, 7) is 1.89. The molecule has 0 aliphatic heterocycles. The number of rotatable bonds is 11. The molecule has 21 heavy (non-hydrogen) atoms. The van der Waals surface area contributed by atoms with E-state index < -0.39 is 10.0 Å². The fourth-order valence-electron chi connectivity index (χ4n) is 1.67. The van der Waals surface area contributed by atoms with E-state index in [0.29, 0.717) is 38.3 Å². The maximum Gasteiger partial charge on any atom is 0.240 e. The van der Waals surface area contributed by atoms with Crippen LogP contribution in [0, 0.1) is 0 Å². The molecule has 0 aliphatic rings. The predicted molar refractivity (Wildman–Crippen MR) is 79.5 cm³/mol. The Morgan fingerprint density at radius 3 is 2.71 bits per heavy atom. The van der Waals surface area contributed by atoms with Gasteiger partial charge in [0.05, 0.1) is 24.7 Å². The fourth-order valence-corrected chi connectivity index (χ4v) is 2.82. The molecule has 0 aromatic heterocycles. The van der Waals surface area contributed by atoms with E-state index in [4.69, 9.17) is 14.6 Å². The first kappa shape index (κ1) is 18.1. The SMILES string of the molecule is COCCOCCCCNS(=O)(=O)c1cccc(CO)c1. The van der Waals surface area contributed by atoms with Gasteiger partial charge in [0.25, 0.3) is 0 Å². The standard InChI is InChI=1S/C14H23NO5S/c1-19-9-10-20-8-3-2-7-15-21(17,18)14-6-4-5-13(11-14)12-16/h4-6,11,15-16H,2-3,7-10,12H2,1H3. The van der Waals surface area contributed by atoms with Crippen molar-refractivity contribution in [3.63, 3.8) is 0 Å². The molecule has 7 heteroatoms. The second-order valence-electron chi connectivity index (χ2n) is 4.52. The molecule has 2 N–H and O–H groups in total. The van der Waals surface area contributed by atoms with E-state index in [1.165, 1.54) is 12.1 Å². The highest BCUT2D eigenvalue weighted by molar-refractivity contribution is 7.89. The Hall–Kier alpha value is -0.990. The molecule has 6 nitrogen and oxygen atoms in total. The lowest BCUT2D eigenvalue weighted by molar-refractivity contribution is 0.0689.